The lowest BCUT2D eigenvalue weighted by Crippen LogP contribution is -2.38. The second kappa shape index (κ2) is 7.99. The van der Waals surface area contributed by atoms with E-state index in [1.807, 2.05) is 13.0 Å². The molecule has 0 bridgehead atoms. The van der Waals surface area contributed by atoms with Crippen molar-refractivity contribution in [2.45, 2.75) is 53.5 Å². The highest BCUT2D eigenvalue weighted by atomic mass is 16.7. The maximum atomic E-state index is 13.4. The van der Waals surface area contributed by atoms with Gasteiger partial charge in [-0.25, -0.2) is 19.6 Å². The van der Waals surface area contributed by atoms with Crippen molar-refractivity contribution < 1.29 is 19.5 Å². The average molecular weight is 450 g/mol. The Balaban J connectivity index is 1.75. The quantitative estimate of drug-likeness (QED) is 0.621. The minimum Gasteiger partial charge on any atom is -0.477 e. The van der Waals surface area contributed by atoms with Crippen LogP contribution < -0.4 is 15.7 Å². The van der Waals surface area contributed by atoms with Gasteiger partial charge in [-0.05, 0) is 82.3 Å². The molecule has 1 aliphatic rings. The third kappa shape index (κ3) is 4.06. The number of pyridine rings is 1. The fraction of sp³-hybridized carbons (Fsp3) is 0.375. The van der Waals surface area contributed by atoms with Crippen molar-refractivity contribution in [2.24, 2.45) is 5.41 Å². The number of benzene rings is 1. The molecule has 9 heteroatoms. The molecule has 0 amide bonds. The van der Waals surface area contributed by atoms with Crippen LogP contribution in [0.1, 0.15) is 66.2 Å². The molecule has 1 aromatic carbocycles. The van der Waals surface area contributed by atoms with Gasteiger partial charge in [-0.3, -0.25) is 4.79 Å². The summed E-state index contributed by atoms with van der Waals surface area (Å²) in [4.78, 5) is 50.7. The van der Waals surface area contributed by atoms with E-state index in [2.05, 4.69) is 15.3 Å². The molecule has 0 spiro atoms. The number of carbonyl (C=O) groups is 2. The normalized spacial score (nSPS) is 15.4. The number of hydrogen-bond acceptors (Lipinski definition) is 7. The fourth-order valence-electron chi connectivity index (χ4n) is 4.12. The Hall–Kier alpha value is -3.75. The first kappa shape index (κ1) is 22.4. The van der Waals surface area contributed by atoms with Crippen LogP contribution in [0.3, 0.4) is 0 Å². The van der Waals surface area contributed by atoms with Gasteiger partial charge in [-0.15, -0.1) is 4.73 Å². The lowest BCUT2D eigenvalue weighted by molar-refractivity contribution is -0.154. The summed E-state index contributed by atoms with van der Waals surface area (Å²) in [6, 6.07) is 4.97. The van der Waals surface area contributed by atoms with Gasteiger partial charge in [0.25, 0.3) is 5.56 Å². The second-order valence-electron chi connectivity index (χ2n) is 9.33. The molecule has 9 nitrogen and oxygen atoms in total. The van der Waals surface area contributed by atoms with Gasteiger partial charge < -0.3 is 15.3 Å². The number of nitrogens with one attached hydrogen (secondary N) is 1. The molecule has 1 unspecified atom stereocenters. The van der Waals surface area contributed by atoms with Crippen LogP contribution in [-0.2, 0) is 11.2 Å². The van der Waals surface area contributed by atoms with Crippen LogP contribution in [0.4, 0.5) is 5.69 Å². The molecular weight excluding hydrogens is 424 g/mol. The number of carboxylic acids is 1. The number of hydrogen-bond donors (Lipinski definition) is 2. The van der Waals surface area contributed by atoms with Crippen molar-refractivity contribution in [3.8, 4) is 0 Å². The van der Waals surface area contributed by atoms with Gasteiger partial charge in [-0.2, -0.15) is 0 Å². The molecule has 0 aliphatic heterocycles. The van der Waals surface area contributed by atoms with Crippen molar-refractivity contribution in [1.29, 1.82) is 0 Å². The summed E-state index contributed by atoms with van der Waals surface area (Å²) in [7, 11) is 0. The zero-order valence-corrected chi connectivity index (χ0v) is 19.2. The maximum Gasteiger partial charge on any atom is 0.354 e. The Morgan fingerprint density at radius 1 is 1.24 bits per heavy atom. The summed E-state index contributed by atoms with van der Waals surface area (Å²) >= 11 is 0. The van der Waals surface area contributed by atoms with Gasteiger partial charge in [0.1, 0.15) is 11.5 Å². The van der Waals surface area contributed by atoms with E-state index >= 15 is 0 Å². The molecule has 1 atom stereocenters. The summed E-state index contributed by atoms with van der Waals surface area (Å²) in [6.07, 6.45) is 3.11. The summed E-state index contributed by atoms with van der Waals surface area (Å²) in [5, 5.41) is 12.8. The van der Waals surface area contributed by atoms with Crippen molar-refractivity contribution in [1.82, 2.24) is 14.7 Å². The van der Waals surface area contributed by atoms with Gasteiger partial charge in [0.15, 0.2) is 0 Å². The lowest BCUT2D eigenvalue weighted by Gasteiger charge is -2.20. The number of aryl methyl sites for hydroxylation is 3. The summed E-state index contributed by atoms with van der Waals surface area (Å²) in [5.74, 6) is -1.30. The average Bonchev–Trinajstić information content (AvgIpc) is 3.13. The third-order valence-corrected chi connectivity index (χ3v) is 5.83. The monoisotopic (exact) mass is 450 g/mol. The first-order valence-corrected chi connectivity index (χ1v) is 10.7. The Morgan fingerprint density at radius 2 is 1.97 bits per heavy atom. The zero-order chi connectivity index (χ0) is 24.1. The highest BCUT2D eigenvalue weighted by molar-refractivity contribution is 5.86. The molecule has 2 N–H and O–H groups in total. The summed E-state index contributed by atoms with van der Waals surface area (Å²) in [6.45, 7) is 8.67. The molecule has 33 heavy (non-hydrogen) atoms. The third-order valence-electron chi connectivity index (χ3n) is 5.83. The van der Waals surface area contributed by atoms with Crippen molar-refractivity contribution >= 4 is 28.5 Å². The van der Waals surface area contributed by atoms with Crippen LogP contribution in [0.5, 0.6) is 0 Å². The van der Waals surface area contributed by atoms with E-state index in [1.165, 1.54) is 12.3 Å². The summed E-state index contributed by atoms with van der Waals surface area (Å²) < 4.78 is 0.973. The molecule has 1 aliphatic carbocycles. The molecule has 2 heterocycles. The Bertz CT molecular complexity index is 1340. The number of aromatic carboxylic acids is 1. The highest BCUT2D eigenvalue weighted by Crippen LogP contribution is 2.38. The molecule has 0 fully saturated rings. The Morgan fingerprint density at radius 3 is 2.58 bits per heavy atom. The Labute approximate surface area is 190 Å². The van der Waals surface area contributed by atoms with Gasteiger partial charge >= 0.3 is 11.9 Å². The summed E-state index contributed by atoms with van der Waals surface area (Å²) in [5.41, 5.74) is 2.93. The van der Waals surface area contributed by atoms with Crippen molar-refractivity contribution in [3.05, 3.63) is 63.0 Å². The highest BCUT2D eigenvalue weighted by Gasteiger charge is 2.29. The maximum absolute atomic E-state index is 13.4. The molecule has 2 aromatic heterocycles. The molecule has 172 valence electrons. The molecule has 4 rings (SSSR count). The lowest BCUT2D eigenvalue weighted by atomic mass is 9.97. The van der Waals surface area contributed by atoms with Crippen molar-refractivity contribution in [3.63, 3.8) is 0 Å². The van der Waals surface area contributed by atoms with E-state index in [4.69, 9.17) is 9.94 Å². The van der Waals surface area contributed by atoms with E-state index in [0.29, 0.717) is 22.4 Å². The minimum absolute atomic E-state index is 0.0265. The van der Waals surface area contributed by atoms with E-state index in [9.17, 15) is 14.4 Å². The van der Waals surface area contributed by atoms with Crippen LogP contribution in [-0.4, -0.2) is 31.7 Å². The molecular formula is C24H26N4O5. The predicted octanol–water partition coefficient (Wildman–Crippen LogP) is 3.21. The van der Waals surface area contributed by atoms with Gasteiger partial charge in [0.2, 0.25) is 0 Å². The minimum atomic E-state index is -1.08. The SMILES string of the molecule is Cc1c2c(cc3nc(C)n(OC(=O)C(C)(C)C)c(=O)c13)CCC2Nc1ccc(C(=O)O)nc1. The number of anilines is 1. The van der Waals surface area contributed by atoms with Crippen LogP contribution in [0.15, 0.2) is 29.2 Å². The van der Waals surface area contributed by atoms with E-state index in [0.717, 1.165) is 34.3 Å². The zero-order valence-electron chi connectivity index (χ0n) is 19.2. The first-order chi connectivity index (χ1) is 15.5. The molecule has 3 aromatic rings. The van der Waals surface area contributed by atoms with Gasteiger partial charge in [-0.1, -0.05) is 0 Å². The number of carbonyl (C=O) groups excluding carboxylic acids is 1. The second-order valence-corrected chi connectivity index (χ2v) is 9.33. The fourth-order valence-corrected chi connectivity index (χ4v) is 4.12. The van der Waals surface area contributed by atoms with Crippen LogP contribution in [0.2, 0.25) is 0 Å². The van der Waals surface area contributed by atoms with E-state index in [1.54, 1.807) is 33.8 Å². The van der Waals surface area contributed by atoms with Crippen molar-refractivity contribution in [2.75, 3.05) is 5.32 Å². The standard InChI is InChI=1S/C24H26N4O5/c1-12-19-14(6-8-16(19)27-15-7-9-17(22(30)31)25-11-15)10-18-20(12)21(29)28(13(2)26-18)33-23(32)24(3,4)5/h7,9-11,16,27H,6,8H2,1-5H3,(H,30,31). The van der Waals surface area contributed by atoms with E-state index < -0.39 is 22.9 Å². The molecule has 0 radical (unpaired) electrons. The number of nitrogens with zero attached hydrogens (tertiary/aromatic N) is 3. The molecule has 0 saturated carbocycles. The van der Waals surface area contributed by atoms with Crippen LogP contribution >= 0.6 is 0 Å². The van der Waals surface area contributed by atoms with Gasteiger partial charge in [0, 0.05) is 0 Å². The number of fused-ring (bicyclic) bond motifs is 2. The number of aromatic nitrogens is 3. The van der Waals surface area contributed by atoms with E-state index in [-0.39, 0.29) is 11.7 Å². The topological polar surface area (TPSA) is 123 Å². The smallest absolute Gasteiger partial charge is 0.354 e. The Kier molecular flexibility index (Phi) is 5.43. The van der Waals surface area contributed by atoms with Gasteiger partial charge in [0.05, 0.1) is 34.2 Å². The largest absolute Gasteiger partial charge is 0.477 e. The van der Waals surface area contributed by atoms with Crippen LogP contribution in [0, 0.1) is 19.3 Å². The molecule has 0 saturated heterocycles. The number of carboxylic acid groups (broad SMARTS) is 1. The number of rotatable bonds is 4. The first-order valence-electron chi connectivity index (χ1n) is 10.7. The predicted molar refractivity (Wildman–Crippen MR) is 122 cm³/mol. The van der Waals surface area contributed by atoms with Crippen LogP contribution in [0.25, 0.3) is 10.9 Å².